The molecule has 19 heavy (non-hydrogen) atoms. The Morgan fingerprint density at radius 3 is 2.74 bits per heavy atom. The van der Waals surface area contributed by atoms with Crippen LogP contribution in [0.5, 0.6) is 0 Å². The Balaban J connectivity index is 2.21. The molecule has 2 N–H and O–H groups in total. The van der Waals surface area contributed by atoms with Crippen LogP contribution in [0.4, 0.5) is 0 Å². The Labute approximate surface area is 121 Å². The molecule has 0 bridgehead atoms. The molecule has 2 heterocycles. The monoisotopic (exact) mass is 299 g/mol. The number of aromatic amines is 1. The van der Waals surface area contributed by atoms with E-state index in [9.17, 15) is 4.55 Å². The molecule has 0 saturated carbocycles. The second kappa shape index (κ2) is 5.32. The maximum Gasteiger partial charge on any atom is 0.136 e. The molecule has 0 aliphatic heterocycles. The molecule has 0 spiro atoms. The van der Waals surface area contributed by atoms with E-state index < -0.39 is 11.4 Å². The zero-order chi connectivity index (χ0) is 14.2. The summed E-state index contributed by atoms with van der Waals surface area (Å²) in [5, 5.41) is 0.598. The van der Waals surface area contributed by atoms with E-state index >= 15 is 0 Å². The summed E-state index contributed by atoms with van der Waals surface area (Å²) in [5.41, 5.74) is 2.47. The lowest BCUT2D eigenvalue weighted by Crippen LogP contribution is -2.40. The molecule has 1 unspecified atom stereocenters. The van der Waals surface area contributed by atoms with Crippen molar-refractivity contribution in [2.24, 2.45) is 0 Å². The normalized spacial score (nSPS) is 15.7. The minimum Gasteiger partial charge on any atom is -0.598 e. The van der Waals surface area contributed by atoms with Gasteiger partial charge in [0.1, 0.15) is 10.3 Å². The second-order valence-electron chi connectivity index (χ2n) is 5.49. The van der Waals surface area contributed by atoms with Crippen LogP contribution in [0.2, 0.25) is 5.02 Å². The second-order valence-corrected chi connectivity index (χ2v) is 7.89. The summed E-state index contributed by atoms with van der Waals surface area (Å²) in [5.74, 6) is 0. The fourth-order valence-corrected chi connectivity index (χ4v) is 2.62. The quantitative estimate of drug-likeness (QED) is 0.855. The highest BCUT2D eigenvalue weighted by Crippen LogP contribution is 2.24. The van der Waals surface area contributed by atoms with E-state index in [2.05, 4.69) is 14.7 Å². The van der Waals surface area contributed by atoms with E-state index in [1.807, 2.05) is 39.8 Å². The summed E-state index contributed by atoms with van der Waals surface area (Å²) in [6.07, 6.45) is 1.72. The van der Waals surface area contributed by atoms with E-state index in [1.165, 1.54) is 0 Å². The van der Waals surface area contributed by atoms with Gasteiger partial charge in [0.25, 0.3) is 0 Å². The molecule has 0 aliphatic carbocycles. The van der Waals surface area contributed by atoms with Crippen molar-refractivity contribution in [3.05, 3.63) is 29.0 Å². The molecule has 104 valence electrons. The van der Waals surface area contributed by atoms with Gasteiger partial charge in [-0.2, -0.15) is 0 Å². The lowest BCUT2D eigenvalue weighted by Gasteiger charge is -2.26. The largest absolute Gasteiger partial charge is 0.598 e. The molecular weight excluding hydrogens is 282 g/mol. The van der Waals surface area contributed by atoms with Crippen LogP contribution in [-0.2, 0) is 11.4 Å². The first-order valence-corrected chi connectivity index (χ1v) is 7.63. The van der Waals surface area contributed by atoms with Gasteiger partial charge in [0.2, 0.25) is 0 Å². The van der Waals surface area contributed by atoms with Crippen LogP contribution in [0.1, 0.15) is 39.4 Å². The van der Waals surface area contributed by atoms with Crippen LogP contribution in [0, 0.1) is 0 Å². The lowest BCUT2D eigenvalue weighted by atomic mass is 10.2. The highest BCUT2D eigenvalue weighted by Gasteiger charge is 2.28. The topological polar surface area (TPSA) is 63.8 Å². The third kappa shape index (κ3) is 3.23. The van der Waals surface area contributed by atoms with E-state index in [0.29, 0.717) is 5.02 Å². The van der Waals surface area contributed by atoms with Gasteiger partial charge in [-0.25, -0.2) is 4.98 Å². The van der Waals surface area contributed by atoms with E-state index in [0.717, 1.165) is 16.7 Å². The Bertz CT molecular complexity index is 579. The van der Waals surface area contributed by atoms with Crippen molar-refractivity contribution in [3.8, 4) is 0 Å². The summed E-state index contributed by atoms with van der Waals surface area (Å²) in [6, 6.07) is 3.74. The fourth-order valence-electron chi connectivity index (χ4n) is 1.62. The molecule has 0 aliphatic rings. The molecule has 2 atom stereocenters. The SMILES string of the molecule is C[C@H](N[S+]([O-])C(C)(C)C)c1ccc2[nH]cc(Cl)c2n1. The van der Waals surface area contributed by atoms with Crippen molar-refractivity contribution >= 4 is 34.0 Å². The Kier molecular flexibility index (Phi) is 4.11. The molecule has 2 aromatic heterocycles. The first-order chi connectivity index (χ1) is 8.79. The van der Waals surface area contributed by atoms with Gasteiger partial charge in [-0.05, 0) is 39.8 Å². The number of pyridine rings is 1. The smallest absolute Gasteiger partial charge is 0.136 e. The standard InChI is InChI=1S/C13H18ClN3OS/c1-8(17-19(18)13(2,3)4)10-5-6-11-12(16-10)9(14)7-15-11/h5-8,15,17H,1-4H3/t8-,19?/m0/s1. The maximum atomic E-state index is 12.1. The predicted octanol–water partition coefficient (Wildman–Crippen LogP) is 3.33. The molecule has 0 aromatic carbocycles. The summed E-state index contributed by atoms with van der Waals surface area (Å²) in [6.45, 7) is 7.74. The van der Waals surface area contributed by atoms with E-state index in [1.54, 1.807) is 6.20 Å². The van der Waals surface area contributed by atoms with Gasteiger partial charge < -0.3 is 9.54 Å². The molecule has 4 nitrogen and oxygen atoms in total. The summed E-state index contributed by atoms with van der Waals surface area (Å²) in [7, 11) is 0. The zero-order valence-electron chi connectivity index (χ0n) is 11.5. The van der Waals surface area contributed by atoms with Gasteiger partial charge in [0, 0.05) is 17.6 Å². The molecule has 2 aromatic rings. The lowest BCUT2D eigenvalue weighted by molar-refractivity contribution is 0.529. The molecule has 0 radical (unpaired) electrons. The first kappa shape index (κ1) is 14.7. The number of nitrogens with zero attached hydrogens (tertiary/aromatic N) is 1. The Morgan fingerprint density at radius 1 is 1.42 bits per heavy atom. The van der Waals surface area contributed by atoms with Gasteiger partial charge in [0.15, 0.2) is 0 Å². The number of aromatic nitrogens is 2. The molecule has 0 fully saturated rings. The van der Waals surface area contributed by atoms with Crippen molar-refractivity contribution < 1.29 is 4.55 Å². The third-order valence-corrected chi connectivity index (χ3v) is 4.75. The van der Waals surface area contributed by atoms with Crippen molar-refractivity contribution in [1.82, 2.24) is 14.7 Å². The Hall–Kier alpha value is -0.750. The highest BCUT2D eigenvalue weighted by atomic mass is 35.5. The number of H-pyrrole nitrogens is 1. The van der Waals surface area contributed by atoms with Crippen LogP contribution >= 0.6 is 11.6 Å². The van der Waals surface area contributed by atoms with Crippen molar-refractivity contribution in [2.75, 3.05) is 0 Å². The van der Waals surface area contributed by atoms with Crippen molar-refractivity contribution in [1.29, 1.82) is 0 Å². The minimum absolute atomic E-state index is 0.101. The van der Waals surface area contributed by atoms with Gasteiger partial charge >= 0.3 is 0 Å². The summed E-state index contributed by atoms with van der Waals surface area (Å²) in [4.78, 5) is 7.55. The molecule has 2 rings (SSSR count). The van der Waals surface area contributed by atoms with Crippen molar-refractivity contribution in [2.45, 2.75) is 38.5 Å². The van der Waals surface area contributed by atoms with Gasteiger partial charge in [-0.3, -0.25) is 0 Å². The molecule has 0 amide bonds. The van der Waals surface area contributed by atoms with Gasteiger partial charge in [-0.1, -0.05) is 11.6 Å². The van der Waals surface area contributed by atoms with Crippen LogP contribution < -0.4 is 4.72 Å². The van der Waals surface area contributed by atoms with E-state index in [-0.39, 0.29) is 10.8 Å². The summed E-state index contributed by atoms with van der Waals surface area (Å²) < 4.78 is 14.8. The fraction of sp³-hybridized carbons (Fsp3) is 0.462. The predicted molar refractivity (Wildman–Crippen MR) is 80.5 cm³/mol. The first-order valence-electron chi connectivity index (χ1n) is 6.10. The maximum absolute atomic E-state index is 12.1. The summed E-state index contributed by atoms with van der Waals surface area (Å²) >= 11 is 4.93. The average Bonchev–Trinajstić information content (AvgIpc) is 2.69. The number of nitrogens with one attached hydrogen (secondary N) is 2. The molecule has 0 saturated heterocycles. The van der Waals surface area contributed by atoms with Crippen LogP contribution in [0.15, 0.2) is 18.3 Å². The van der Waals surface area contributed by atoms with Crippen LogP contribution in [0.3, 0.4) is 0 Å². The van der Waals surface area contributed by atoms with Crippen LogP contribution in [0.25, 0.3) is 11.0 Å². The minimum atomic E-state index is -1.13. The number of rotatable bonds is 3. The molecular formula is C13H18ClN3OS. The van der Waals surface area contributed by atoms with Gasteiger partial charge in [0.05, 0.1) is 22.3 Å². The van der Waals surface area contributed by atoms with Gasteiger partial charge in [-0.15, -0.1) is 4.72 Å². The molecule has 6 heteroatoms. The van der Waals surface area contributed by atoms with Crippen molar-refractivity contribution in [3.63, 3.8) is 0 Å². The van der Waals surface area contributed by atoms with E-state index in [4.69, 9.17) is 11.6 Å². The third-order valence-electron chi connectivity index (χ3n) is 2.78. The number of halogens is 1. The van der Waals surface area contributed by atoms with Crippen LogP contribution in [-0.4, -0.2) is 19.3 Å². The highest BCUT2D eigenvalue weighted by molar-refractivity contribution is 7.90. The average molecular weight is 300 g/mol. The number of hydrogen-bond donors (Lipinski definition) is 2. The number of fused-ring (bicyclic) bond motifs is 1. The number of hydrogen-bond acceptors (Lipinski definition) is 3. The Morgan fingerprint density at radius 2 is 2.11 bits per heavy atom. The zero-order valence-corrected chi connectivity index (χ0v) is 13.0.